The molecule has 0 amide bonds. The van der Waals surface area contributed by atoms with Gasteiger partial charge in [0.15, 0.2) is 0 Å². The number of alkyl halides is 3. The standard InChI is InChI=1S/C10H12F3N5S/c1-5(4-10(11,12)13)15-7-6-2-3-19-8(6)17-9(16-7)18-14/h2-3,5H,4,14H2,1H3,(H2,15,16,17,18). The molecule has 0 spiro atoms. The summed E-state index contributed by atoms with van der Waals surface area (Å²) in [7, 11) is 0. The van der Waals surface area contributed by atoms with E-state index in [0.29, 0.717) is 16.0 Å². The van der Waals surface area contributed by atoms with Gasteiger partial charge in [0.25, 0.3) is 0 Å². The molecule has 0 saturated heterocycles. The van der Waals surface area contributed by atoms with Crippen LogP contribution >= 0.6 is 11.3 Å². The highest BCUT2D eigenvalue weighted by Gasteiger charge is 2.30. The zero-order valence-corrected chi connectivity index (χ0v) is 10.8. The number of nitrogens with one attached hydrogen (secondary N) is 2. The second-order valence-corrected chi connectivity index (χ2v) is 4.94. The second kappa shape index (κ2) is 5.17. The normalized spacial score (nSPS) is 13.5. The first kappa shape index (κ1) is 13.8. The Hall–Kier alpha value is -1.61. The van der Waals surface area contributed by atoms with Gasteiger partial charge in [-0.1, -0.05) is 0 Å². The van der Waals surface area contributed by atoms with E-state index in [2.05, 4.69) is 20.7 Å². The summed E-state index contributed by atoms with van der Waals surface area (Å²) in [5.74, 6) is 5.74. The molecular weight excluding hydrogens is 279 g/mol. The predicted octanol–water partition coefficient (Wildman–Crippen LogP) is 2.73. The Bertz CT molecular complexity index is 568. The third-order valence-electron chi connectivity index (χ3n) is 2.37. The Morgan fingerprint density at radius 3 is 2.79 bits per heavy atom. The molecule has 1 unspecified atom stereocenters. The van der Waals surface area contributed by atoms with Crippen LogP contribution in [0.4, 0.5) is 24.9 Å². The lowest BCUT2D eigenvalue weighted by atomic mass is 10.2. The fourth-order valence-corrected chi connectivity index (χ4v) is 2.43. The maximum Gasteiger partial charge on any atom is 0.391 e. The summed E-state index contributed by atoms with van der Waals surface area (Å²) in [5.41, 5.74) is 2.29. The molecule has 0 bridgehead atoms. The lowest BCUT2D eigenvalue weighted by Gasteiger charge is -2.17. The van der Waals surface area contributed by atoms with Crippen LogP contribution in [-0.4, -0.2) is 22.2 Å². The number of hydrogen-bond acceptors (Lipinski definition) is 6. The molecule has 0 radical (unpaired) electrons. The monoisotopic (exact) mass is 291 g/mol. The van der Waals surface area contributed by atoms with Crippen molar-refractivity contribution in [3.8, 4) is 0 Å². The molecule has 0 aromatic carbocycles. The number of halogens is 3. The minimum atomic E-state index is -4.22. The summed E-state index contributed by atoms with van der Waals surface area (Å²) < 4.78 is 36.9. The Labute approximate surface area is 111 Å². The molecule has 2 rings (SSSR count). The van der Waals surface area contributed by atoms with Gasteiger partial charge in [0.1, 0.15) is 10.6 Å². The molecular formula is C10H12F3N5S. The summed E-state index contributed by atoms with van der Waals surface area (Å²) >= 11 is 1.36. The van der Waals surface area contributed by atoms with Crippen LogP contribution < -0.4 is 16.6 Å². The molecule has 0 saturated carbocycles. The number of aromatic nitrogens is 2. The van der Waals surface area contributed by atoms with Gasteiger partial charge in [-0.15, -0.1) is 11.3 Å². The van der Waals surface area contributed by atoms with E-state index in [0.717, 1.165) is 0 Å². The van der Waals surface area contributed by atoms with Gasteiger partial charge in [-0.25, -0.2) is 10.8 Å². The van der Waals surface area contributed by atoms with Gasteiger partial charge in [0.2, 0.25) is 5.95 Å². The van der Waals surface area contributed by atoms with Gasteiger partial charge < -0.3 is 5.32 Å². The van der Waals surface area contributed by atoms with Crippen LogP contribution in [0, 0.1) is 0 Å². The number of rotatable bonds is 4. The van der Waals surface area contributed by atoms with Crippen molar-refractivity contribution in [1.82, 2.24) is 9.97 Å². The molecule has 104 valence electrons. The van der Waals surface area contributed by atoms with E-state index in [-0.39, 0.29) is 5.95 Å². The van der Waals surface area contributed by atoms with Gasteiger partial charge >= 0.3 is 6.18 Å². The molecule has 0 aliphatic carbocycles. The minimum Gasteiger partial charge on any atom is -0.367 e. The third kappa shape index (κ3) is 3.44. The molecule has 4 N–H and O–H groups in total. The maximum absolute atomic E-state index is 12.3. The molecule has 19 heavy (non-hydrogen) atoms. The van der Waals surface area contributed by atoms with Crippen LogP contribution in [0.3, 0.4) is 0 Å². The molecule has 0 aliphatic heterocycles. The number of nitrogen functional groups attached to an aromatic ring is 1. The molecule has 2 heterocycles. The Morgan fingerprint density at radius 2 is 2.16 bits per heavy atom. The summed E-state index contributed by atoms with van der Waals surface area (Å²) in [6.07, 6.45) is -5.16. The first-order valence-electron chi connectivity index (χ1n) is 5.44. The van der Waals surface area contributed by atoms with Crippen LogP contribution in [-0.2, 0) is 0 Å². The molecule has 1 atom stereocenters. The van der Waals surface area contributed by atoms with Crippen LogP contribution in [0.1, 0.15) is 13.3 Å². The summed E-state index contributed by atoms with van der Waals surface area (Å²) in [4.78, 5) is 8.80. The number of nitrogens with zero attached hydrogens (tertiary/aromatic N) is 2. The van der Waals surface area contributed by atoms with Crippen molar-refractivity contribution in [2.24, 2.45) is 5.84 Å². The summed E-state index contributed by atoms with van der Waals surface area (Å²) in [5, 5.41) is 5.21. The lowest BCUT2D eigenvalue weighted by molar-refractivity contribution is -0.136. The molecule has 9 heteroatoms. The number of anilines is 2. The Kier molecular flexibility index (Phi) is 3.76. The van der Waals surface area contributed by atoms with Crippen LogP contribution in [0.2, 0.25) is 0 Å². The molecule has 0 aliphatic rings. The van der Waals surface area contributed by atoms with E-state index >= 15 is 0 Å². The van der Waals surface area contributed by atoms with E-state index in [4.69, 9.17) is 5.84 Å². The second-order valence-electron chi connectivity index (χ2n) is 4.04. The fraction of sp³-hybridized carbons (Fsp3) is 0.400. The van der Waals surface area contributed by atoms with E-state index in [1.807, 2.05) is 0 Å². The van der Waals surface area contributed by atoms with Gasteiger partial charge in [-0.2, -0.15) is 18.2 Å². The number of hydrazine groups is 1. The number of hydrogen-bond donors (Lipinski definition) is 3. The van der Waals surface area contributed by atoms with Gasteiger partial charge in [0, 0.05) is 6.04 Å². The van der Waals surface area contributed by atoms with Crippen LogP contribution in [0.5, 0.6) is 0 Å². The van der Waals surface area contributed by atoms with Crippen molar-refractivity contribution >= 4 is 33.3 Å². The van der Waals surface area contributed by atoms with Crippen LogP contribution in [0.15, 0.2) is 11.4 Å². The molecule has 2 aromatic heterocycles. The van der Waals surface area contributed by atoms with E-state index in [9.17, 15) is 13.2 Å². The van der Waals surface area contributed by atoms with Crippen molar-refractivity contribution < 1.29 is 13.2 Å². The van der Waals surface area contributed by atoms with Gasteiger partial charge in [-0.05, 0) is 18.4 Å². The zero-order valence-electron chi connectivity index (χ0n) is 9.95. The van der Waals surface area contributed by atoms with Crippen molar-refractivity contribution in [1.29, 1.82) is 0 Å². The SMILES string of the molecule is CC(CC(F)(F)F)Nc1nc(NN)nc2sccc12. The number of thiophene rings is 1. The highest BCUT2D eigenvalue weighted by Crippen LogP contribution is 2.28. The average Bonchev–Trinajstić information content (AvgIpc) is 2.74. The maximum atomic E-state index is 12.3. The Morgan fingerprint density at radius 1 is 1.42 bits per heavy atom. The van der Waals surface area contributed by atoms with Crippen molar-refractivity contribution in [2.45, 2.75) is 25.6 Å². The lowest BCUT2D eigenvalue weighted by Crippen LogP contribution is -2.24. The topological polar surface area (TPSA) is 75.9 Å². The van der Waals surface area contributed by atoms with E-state index in [1.165, 1.54) is 18.3 Å². The van der Waals surface area contributed by atoms with Gasteiger partial charge in [0.05, 0.1) is 11.8 Å². The summed E-state index contributed by atoms with van der Waals surface area (Å²) in [6.45, 7) is 1.45. The Balaban J connectivity index is 2.26. The number of fused-ring (bicyclic) bond motifs is 1. The largest absolute Gasteiger partial charge is 0.391 e. The molecule has 5 nitrogen and oxygen atoms in total. The highest BCUT2D eigenvalue weighted by molar-refractivity contribution is 7.16. The third-order valence-corrected chi connectivity index (χ3v) is 3.18. The van der Waals surface area contributed by atoms with Crippen molar-refractivity contribution in [3.63, 3.8) is 0 Å². The first-order chi connectivity index (χ1) is 8.89. The zero-order chi connectivity index (χ0) is 14.0. The van der Waals surface area contributed by atoms with Gasteiger partial charge in [-0.3, -0.25) is 5.43 Å². The molecule has 0 fully saturated rings. The first-order valence-corrected chi connectivity index (χ1v) is 6.32. The summed E-state index contributed by atoms with van der Waals surface area (Å²) in [6, 6.07) is 0.965. The smallest absolute Gasteiger partial charge is 0.367 e. The minimum absolute atomic E-state index is 0.164. The van der Waals surface area contributed by atoms with E-state index < -0.39 is 18.6 Å². The van der Waals surface area contributed by atoms with Crippen LogP contribution in [0.25, 0.3) is 10.2 Å². The molecule has 2 aromatic rings. The van der Waals surface area contributed by atoms with E-state index in [1.54, 1.807) is 11.4 Å². The quantitative estimate of drug-likeness (QED) is 0.596. The number of nitrogens with two attached hydrogens (primary N) is 1. The van der Waals surface area contributed by atoms with Crippen molar-refractivity contribution in [3.05, 3.63) is 11.4 Å². The highest BCUT2D eigenvalue weighted by atomic mass is 32.1. The van der Waals surface area contributed by atoms with Crippen molar-refractivity contribution in [2.75, 3.05) is 10.7 Å². The predicted molar refractivity (Wildman–Crippen MR) is 69.0 cm³/mol. The fourth-order valence-electron chi connectivity index (χ4n) is 1.66. The average molecular weight is 291 g/mol.